The summed E-state index contributed by atoms with van der Waals surface area (Å²) in [4.78, 5) is 4.40. The maximum atomic E-state index is 5.27. The van der Waals surface area contributed by atoms with Crippen molar-refractivity contribution in [3.8, 4) is 17.1 Å². The van der Waals surface area contributed by atoms with E-state index in [1.165, 1.54) is 0 Å². The van der Waals surface area contributed by atoms with E-state index in [9.17, 15) is 0 Å². The Bertz CT molecular complexity index is 715. The first-order valence-corrected chi connectivity index (χ1v) is 6.70. The lowest BCUT2D eigenvalue weighted by Gasteiger charge is -1.99. The molecule has 0 aliphatic rings. The zero-order chi connectivity index (χ0) is 14.7. The molecular formula is C15H16N4O2. The summed E-state index contributed by atoms with van der Waals surface area (Å²) in [5.74, 6) is 2.00. The first kappa shape index (κ1) is 13.4. The second kappa shape index (κ2) is 5.78. The van der Waals surface area contributed by atoms with Gasteiger partial charge in [-0.25, -0.2) is 0 Å². The molecule has 2 aromatic heterocycles. The van der Waals surface area contributed by atoms with Crippen LogP contribution < -0.4 is 4.74 Å². The number of ether oxygens (including phenoxy) is 1. The number of nitrogens with zero attached hydrogens (tertiary/aromatic N) is 4. The molecule has 0 unspecified atom stereocenters. The predicted octanol–water partition coefficient (Wildman–Crippen LogP) is 2.49. The fraction of sp³-hybridized carbons (Fsp3) is 0.267. The molecule has 0 spiro atoms. The molecule has 0 bridgehead atoms. The average Bonchev–Trinajstić information content (AvgIpc) is 3.14. The molecule has 2 heterocycles. The highest BCUT2D eigenvalue weighted by Crippen LogP contribution is 2.19. The zero-order valence-electron chi connectivity index (χ0n) is 12.0. The summed E-state index contributed by atoms with van der Waals surface area (Å²) in [6.07, 6.45) is 4.47. The lowest BCUT2D eigenvalue weighted by atomic mass is 10.2. The predicted molar refractivity (Wildman–Crippen MR) is 77.0 cm³/mol. The molecule has 0 saturated heterocycles. The Morgan fingerprint density at radius 1 is 1.24 bits per heavy atom. The van der Waals surface area contributed by atoms with Gasteiger partial charge in [-0.05, 0) is 36.8 Å². The standard InChI is InChI=1S/C15H16N4O2/c1-11-9-16-19(10-11)8-7-14-17-15(18-21-14)12-3-5-13(20-2)6-4-12/h3-6,9-10H,7-8H2,1-2H3. The van der Waals surface area contributed by atoms with Gasteiger partial charge in [-0.1, -0.05) is 5.16 Å². The molecule has 3 aromatic rings. The molecule has 6 heteroatoms. The van der Waals surface area contributed by atoms with E-state index in [-0.39, 0.29) is 0 Å². The van der Waals surface area contributed by atoms with Crippen LogP contribution in [0.4, 0.5) is 0 Å². The molecule has 1 aromatic carbocycles. The van der Waals surface area contributed by atoms with E-state index in [1.807, 2.05) is 48.3 Å². The van der Waals surface area contributed by atoms with E-state index in [0.717, 1.165) is 23.4 Å². The lowest BCUT2D eigenvalue weighted by molar-refractivity contribution is 0.369. The third-order valence-electron chi connectivity index (χ3n) is 3.13. The van der Waals surface area contributed by atoms with Crippen molar-refractivity contribution in [3.05, 3.63) is 48.1 Å². The van der Waals surface area contributed by atoms with Crippen LogP contribution in [0.15, 0.2) is 41.2 Å². The van der Waals surface area contributed by atoms with Gasteiger partial charge in [0.2, 0.25) is 11.7 Å². The van der Waals surface area contributed by atoms with Crippen LogP contribution in [-0.2, 0) is 13.0 Å². The van der Waals surface area contributed by atoms with Crippen molar-refractivity contribution >= 4 is 0 Å². The molecule has 6 nitrogen and oxygen atoms in total. The van der Waals surface area contributed by atoms with Crippen LogP contribution in [0.5, 0.6) is 5.75 Å². The van der Waals surface area contributed by atoms with E-state index in [0.29, 0.717) is 18.1 Å². The van der Waals surface area contributed by atoms with Crippen molar-refractivity contribution in [1.82, 2.24) is 19.9 Å². The first-order valence-electron chi connectivity index (χ1n) is 6.70. The quantitative estimate of drug-likeness (QED) is 0.720. The van der Waals surface area contributed by atoms with Crippen molar-refractivity contribution in [1.29, 1.82) is 0 Å². The molecule has 0 aliphatic heterocycles. The van der Waals surface area contributed by atoms with Crippen LogP contribution in [0.1, 0.15) is 11.5 Å². The Balaban J connectivity index is 1.67. The van der Waals surface area contributed by atoms with Gasteiger partial charge >= 0.3 is 0 Å². The summed E-state index contributed by atoms with van der Waals surface area (Å²) < 4.78 is 12.3. The summed E-state index contributed by atoms with van der Waals surface area (Å²) in [6.45, 7) is 2.73. The number of hydrogen-bond donors (Lipinski definition) is 0. The molecule has 21 heavy (non-hydrogen) atoms. The number of rotatable bonds is 5. The second-order valence-electron chi connectivity index (χ2n) is 4.77. The van der Waals surface area contributed by atoms with Crippen LogP contribution in [-0.4, -0.2) is 27.0 Å². The number of hydrogen-bond acceptors (Lipinski definition) is 5. The third kappa shape index (κ3) is 3.10. The summed E-state index contributed by atoms with van der Waals surface area (Å²) in [6, 6.07) is 7.56. The first-order chi connectivity index (χ1) is 10.2. The largest absolute Gasteiger partial charge is 0.497 e. The number of methoxy groups -OCH3 is 1. The van der Waals surface area contributed by atoms with Crippen LogP contribution in [0.2, 0.25) is 0 Å². The molecule has 0 N–H and O–H groups in total. The molecule has 0 aliphatic carbocycles. The topological polar surface area (TPSA) is 66.0 Å². The number of benzene rings is 1. The highest BCUT2D eigenvalue weighted by atomic mass is 16.5. The van der Waals surface area contributed by atoms with Gasteiger partial charge in [-0.3, -0.25) is 4.68 Å². The maximum Gasteiger partial charge on any atom is 0.228 e. The number of aromatic nitrogens is 4. The summed E-state index contributed by atoms with van der Waals surface area (Å²) in [7, 11) is 1.64. The lowest BCUT2D eigenvalue weighted by Crippen LogP contribution is -2.01. The Morgan fingerprint density at radius 3 is 2.71 bits per heavy atom. The van der Waals surface area contributed by atoms with Crippen LogP contribution in [0.25, 0.3) is 11.4 Å². The van der Waals surface area contributed by atoms with Gasteiger partial charge in [-0.15, -0.1) is 0 Å². The smallest absolute Gasteiger partial charge is 0.228 e. The van der Waals surface area contributed by atoms with Crippen LogP contribution in [0, 0.1) is 6.92 Å². The summed E-state index contributed by atoms with van der Waals surface area (Å²) >= 11 is 0. The van der Waals surface area contributed by atoms with Gasteiger partial charge in [0.1, 0.15) is 5.75 Å². The van der Waals surface area contributed by atoms with Gasteiger partial charge in [0.25, 0.3) is 0 Å². The van der Waals surface area contributed by atoms with Crippen LogP contribution in [0.3, 0.4) is 0 Å². The van der Waals surface area contributed by atoms with Gasteiger partial charge < -0.3 is 9.26 Å². The molecule has 0 saturated carbocycles. The van der Waals surface area contributed by atoms with E-state index in [1.54, 1.807) is 7.11 Å². The molecular weight excluding hydrogens is 268 g/mol. The fourth-order valence-corrected chi connectivity index (χ4v) is 2.01. The van der Waals surface area contributed by atoms with Crippen molar-refractivity contribution in [2.45, 2.75) is 19.9 Å². The van der Waals surface area contributed by atoms with Gasteiger partial charge in [-0.2, -0.15) is 10.1 Å². The monoisotopic (exact) mass is 284 g/mol. The highest BCUT2D eigenvalue weighted by Gasteiger charge is 2.09. The van der Waals surface area contributed by atoms with E-state index in [4.69, 9.17) is 9.26 Å². The highest BCUT2D eigenvalue weighted by molar-refractivity contribution is 5.55. The van der Waals surface area contributed by atoms with Crippen LogP contribution >= 0.6 is 0 Å². The second-order valence-corrected chi connectivity index (χ2v) is 4.77. The Kier molecular flexibility index (Phi) is 3.68. The van der Waals surface area contributed by atoms with Gasteiger partial charge in [0.15, 0.2) is 0 Å². The molecule has 0 amide bonds. The van der Waals surface area contributed by atoms with E-state index < -0.39 is 0 Å². The van der Waals surface area contributed by atoms with Gasteiger partial charge in [0.05, 0.1) is 13.3 Å². The van der Waals surface area contributed by atoms with Crippen molar-refractivity contribution in [2.24, 2.45) is 0 Å². The minimum absolute atomic E-state index is 0.587. The molecule has 0 radical (unpaired) electrons. The summed E-state index contributed by atoms with van der Waals surface area (Å²) in [5, 5.41) is 8.23. The Labute approximate surface area is 122 Å². The Hall–Kier alpha value is -2.63. The van der Waals surface area contributed by atoms with Crippen molar-refractivity contribution in [2.75, 3.05) is 7.11 Å². The SMILES string of the molecule is COc1ccc(-c2noc(CCn3cc(C)cn3)n2)cc1. The molecule has 3 rings (SSSR count). The molecule has 0 fully saturated rings. The average molecular weight is 284 g/mol. The number of aryl methyl sites for hydroxylation is 3. The summed E-state index contributed by atoms with van der Waals surface area (Å²) in [5.41, 5.74) is 2.04. The molecule has 108 valence electrons. The van der Waals surface area contributed by atoms with Crippen molar-refractivity contribution < 1.29 is 9.26 Å². The molecule has 0 atom stereocenters. The fourth-order valence-electron chi connectivity index (χ4n) is 2.01. The Morgan fingerprint density at radius 2 is 2.05 bits per heavy atom. The van der Waals surface area contributed by atoms with Crippen molar-refractivity contribution in [3.63, 3.8) is 0 Å². The maximum absolute atomic E-state index is 5.27. The third-order valence-corrected chi connectivity index (χ3v) is 3.13. The van der Waals surface area contributed by atoms with E-state index >= 15 is 0 Å². The normalized spacial score (nSPS) is 10.8. The minimum atomic E-state index is 0.587. The minimum Gasteiger partial charge on any atom is -0.497 e. The zero-order valence-corrected chi connectivity index (χ0v) is 12.0. The van der Waals surface area contributed by atoms with E-state index in [2.05, 4.69) is 15.2 Å². The van der Waals surface area contributed by atoms with Gasteiger partial charge in [0, 0.05) is 24.7 Å².